The van der Waals surface area contributed by atoms with Crippen LogP contribution in [-0.2, 0) is 28.3 Å². The molecule has 31 heavy (non-hydrogen) atoms. The lowest BCUT2D eigenvalue weighted by Crippen LogP contribution is -2.28. The summed E-state index contributed by atoms with van der Waals surface area (Å²) in [5.41, 5.74) is 4.47. The predicted molar refractivity (Wildman–Crippen MR) is 125 cm³/mol. The molecular weight excluding hydrogens is 414 g/mol. The summed E-state index contributed by atoms with van der Waals surface area (Å²) in [5, 5.41) is 2.86. The summed E-state index contributed by atoms with van der Waals surface area (Å²) >= 11 is 0. The molecule has 0 radical (unpaired) electrons. The fourth-order valence-electron chi connectivity index (χ4n) is 3.76. The highest BCUT2D eigenvalue weighted by molar-refractivity contribution is 7.92. The number of amides is 2. The van der Waals surface area contributed by atoms with Crippen LogP contribution in [0.25, 0.3) is 0 Å². The second-order valence-corrected chi connectivity index (χ2v) is 10.6. The van der Waals surface area contributed by atoms with Crippen LogP contribution >= 0.6 is 0 Å². The zero-order chi connectivity index (χ0) is 22.8. The van der Waals surface area contributed by atoms with Crippen LogP contribution in [-0.4, -0.2) is 40.9 Å². The molecule has 8 heteroatoms. The van der Waals surface area contributed by atoms with Gasteiger partial charge in [0, 0.05) is 30.0 Å². The molecule has 1 heterocycles. The lowest BCUT2D eigenvalue weighted by Gasteiger charge is -2.27. The highest BCUT2D eigenvalue weighted by Gasteiger charge is 2.27. The Labute approximate surface area is 184 Å². The van der Waals surface area contributed by atoms with Crippen molar-refractivity contribution in [3.63, 3.8) is 0 Å². The molecule has 0 bridgehead atoms. The smallest absolute Gasteiger partial charge is 0.321 e. The third-order valence-corrected chi connectivity index (χ3v) is 5.88. The normalized spacial score (nSPS) is 14.5. The van der Waals surface area contributed by atoms with Crippen LogP contribution < -0.4 is 19.7 Å². The number of nitrogens with zero attached hydrogens (tertiary/aromatic N) is 1. The number of methoxy groups -OCH3 is 1. The molecule has 0 saturated carbocycles. The molecule has 1 fully saturated rings. The van der Waals surface area contributed by atoms with E-state index in [4.69, 9.17) is 4.74 Å². The number of hydrogen-bond donors (Lipinski definition) is 2. The van der Waals surface area contributed by atoms with Crippen molar-refractivity contribution < 1.29 is 17.9 Å². The van der Waals surface area contributed by atoms with Crippen molar-refractivity contribution in [1.29, 1.82) is 0 Å². The van der Waals surface area contributed by atoms with Gasteiger partial charge in [-0.15, -0.1) is 0 Å². The summed E-state index contributed by atoms with van der Waals surface area (Å²) in [6.07, 6.45) is 2.62. The molecule has 168 valence electrons. The third-order valence-electron chi connectivity index (χ3n) is 5.27. The number of nitrogens with one attached hydrogen (secondary N) is 2. The minimum absolute atomic E-state index is 0.0788. The predicted octanol–water partition coefficient (Wildman–Crippen LogP) is 3.68. The highest BCUT2D eigenvalue weighted by atomic mass is 32.2. The quantitative estimate of drug-likeness (QED) is 0.681. The van der Waals surface area contributed by atoms with Crippen LogP contribution in [0.5, 0.6) is 5.75 Å². The number of carbonyl (C=O) groups excluding carboxylic acids is 1. The maximum atomic E-state index is 12.2. The zero-order valence-corrected chi connectivity index (χ0v) is 19.6. The minimum Gasteiger partial charge on any atom is -0.496 e. The number of anilines is 2. The number of sulfonamides is 1. The Morgan fingerprint density at radius 1 is 1.13 bits per heavy atom. The van der Waals surface area contributed by atoms with Crippen LogP contribution in [0.2, 0.25) is 0 Å². The Kier molecular flexibility index (Phi) is 6.50. The van der Waals surface area contributed by atoms with Crippen LogP contribution in [0, 0.1) is 0 Å². The van der Waals surface area contributed by atoms with E-state index in [1.165, 1.54) is 0 Å². The van der Waals surface area contributed by atoms with Crippen molar-refractivity contribution in [3.05, 3.63) is 53.1 Å². The van der Waals surface area contributed by atoms with E-state index < -0.39 is 10.0 Å². The van der Waals surface area contributed by atoms with Gasteiger partial charge in [-0.1, -0.05) is 32.9 Å². The minimum atomic E-state index is -3.29. The molecule has 3 rings (SSSR count). The molecule has 0 aromatic heterocycles. The van der Waals surface area contributed by atoms with Crippen molar-refractivity contribution in [1.82, 2.24) is 5.32 Å². The first-order valence-electron chi connectivity index (χ1n) is 10.3. The molecule has 1 saturated heterocycles. The average molecular weight is 446 g/mol. The van der Waals surface area contributed by atoms with E-state index in [0.29, 0.717) is 18.8 Å². The molecular formula is C23H31N3O4S. The van der Waals surface area contributed by atoms with Gasteiger partial charge in [0.15, 0.2) is 0 Å². The van der Waals surface area contributed by atoms with E-state index in [9.17, 15) is 13.2 Å². The molecule has 1 aliphatic heterocycles. The summed E-state index contributed by atoms with van der Waals surface area (Å²) in [7, 11) is -1.61. The lowest BCUT2D eigenvalue weighted by atomic mass is 9.84. The highest BCUT2D eigenvalue weighted by Crippen LogP contribution is 2.38. The molecule has 0 spiro atoms. The summed E-state index contributed by atoms with van der Waals surface area (Å²) in [6.45, 7) is 7.68. The molecule has 2 aromatic carbocycles. The topological polar surface area (TPSA) is 87.7 Å². The number of rotatable bonds is 7. The van der Waals surface area contributed by atoms with Crippen molar-refractivity contribution in [2.75, 3.05) is 36.1 Å². The second-order valence-electron chi connectivity index (χ2n) is 8.89. The van der Waals surface area contributed by atoms with E-state index in [2.05, 4.69) is 36.9 Å². The number of aryl methyl sites for hydroxylation is 2. The van der Waals surface area contributed by atoms with Crippen LogP contribution in [0.15, 0.2) is 36.4 Å². The number of hydrogen-bond acceptors (Lipinski definition) is 4. The molecule has 0 aliphatic carbocycles. The van der Waals surface area contributed by atoms with Gasteiger partial charge in [0.05, 0.1) is 13.4 Å². The fourth-order valence-corrected chi connectivity index (χ4v) is 4.33. The average Bonchev–Trinajstić information content (AvgIpc) is 3.10. The zero-order valence-electron chi connectivity index (χ0n) is 18.8. The number of urea groups is 1. The number of carbonyl (C=O) groups is 1. The van der Waals surface area contributed by atoms with Gasteiger partial charge in [-0.05, 0) is 53.6 Å². The van der Waals surface area contributed by atoms with E-state index in [-0.39, 0.29) is 11.4 Å². The molecule has 2 aromatic rings. The molecule has 1 aliphatic rings. The second kappa shape index (κ2) is 8.78. The Morgan fingerprint density at radius 3 is 2.32 bits per heavy atom. The molecule has 2 amide bonds. The Hall–Kier alpha value is -2.74. The molecule has 2 N–H and O–H groups in total. The van der Waals surface area contributed by atoms with Gasteiger partial charge in [-0.2, -0.15) is 0 Å². The first-order valence-corrected chi connectivity index (χ1v) is 12.2. The fraction of sp³-hybridized carbons (Fsp3) is 0.435. The van der Waals surface area contributed by atoms with Crippen molar-refractivity contribution >= 4 is 27.4 Å². The maximum Gasteiger partial charge on any atom is 0.321 e. The number of benzene rings is 2. The van der Waals surface area contributed by atoms with Gasteiger partial charge in [0.25, 0.3) is 0 Å². The summed E-state index contributed by atoms with van der Waals surface area (Å²) in [5.74, 6) is 0.853. The molecule has 0 unspecified atom stereocenters. The van der Waals surface area contributed by atoms with Crippen molar-refractivity contribution in [2.24, 2.45) is 0 Å². The van der Waals surface area contributed by atoms with Gasteiger partial charge in [-0.25, -0.2) is 13.2 Å². The number of ether oxygens (including phenoxy) is 1. The van der Waals surface area contributed by atoms with Crippen molar-refractivity contribution in [3.8, 4) is 5.75 Å². The van der Waals surface area contributed by atoms with E-state index >= 15 is 0 Å². The van der Waals surface area contributed by atoms with E-state index in [1.807, 2.05) is 18.2 Å². The summed E-state index contributed by atoms with van der Waals surface area (Å²) in [4.78, 5) is 14.0. The third kappa shape index (κ3) is 5.70. The van der Waals surface area contributed by atoms with Gasteiger partial charge in [0.1, 0.15) is 5.75 Å². The van der Waals surface area contributed by atoms with Gasteiger partial charge in [-0.3, -0.25) is 9.62 Å². The Balaban J connectivity index is 1.89. The monoisotopic (exact) mass is 445 g/mol. The first kappa shape index (κ1) is 22.9. The van der Waals surface area contributed by atoms with Crippen LogP contribution in [0.1, 0.15) is 37.5 Å². The Morgan fingerprint density at radius 2 is 1.81 bits per heavy atom. The Bertz CT molecular complexity index is 1060. The largest absolute Gasteiger partial charge is 0.496 e. The SMILES string of the molecule is COc1c(CCc2ccc(NS(C)(=O)=O)cc2)cc(N2CCNC2=O)cc1C(C)(C)C. The molecule has 0 atom stereocenters. The van der Waals surface area contributed by atoms with Gasteiger partial charge < -0.3 is 10.1 Å². The van der Waals surface area contributed by atoms with Gasteiger partial charge in [0.2, 0.25) is 10.0 Å². The van der Waals surface area contributed by atoms with E-state index in [0.717, 1.165) is 47.2 Å². The first-order chi connectivity index (χ1) is 14.5. The van der Waals surface area contributed by atoms with E-state index in [1.54, 1.807) is 24.1 Å². The maximum absolute atomic E-state index is 12.2. The summed E-state index contributed by atoms with van der Waals surface area (Å²) in [6, 6.07) is 11.4. The molecule has 7 nitrogen and oxygen atoms in total. The van der Waals surface area contributed by atoms with Crippen molar-refractivity contribution in [2.45, 2.75) is 39.0 Å². The lowest BCUT2D eigenvalue weighted by molar-refractivity contribution is 0.252. The van der Waals surface area contributed by atoms with Crippen LogP contribution in [0.3, 0.4) is 0 Å². The van der Waals surface area contributed by atoms with Gasteiger partial charge >= 0.3 is 6.03 Å². The summed E-state index contributed by atoms with van der Waals surface area (Å²) < 4.78 is 31.1. The van der Waals surface area contributed by atoms with Crippen LogP contribution in [0.4, 0.5) is 16.2 Å². The standard InChI is InChI=1S/C23H31N3O4S/c1-23(2,3)20-15-19(26-13-12-24-22(26)27)14-17(21(20)30-4)9-6-16-7-10-18(11-8-16)25-31(5,28)29/h7-8,10-11,14-15,25H,6,9,12-13H2,1-5H3,(H,24,27).